The SMILES string of the molecule is CCc1ccc(-c2cc(C(=O)N3CCCC(C)C3)c3ccccc3n2)cc1. The van der Waals surface area contributed by atoms with Crippen molar-refractivity contribution >= 4 is 16.8 Å². The third kappa shape index (κ3) is 3.59. The second-order valence-corrected chi connectivity index (χ2v) is 7.62. The van der Waals surface area contributed by atoms with E-state index in [1.807, 2.05) is 35.2 Å². The molecular formula is C24H26N2O. The largest absolute Gasteiger partial charge is 0.338 e. The molecular weight excluding hydrogens is 332 g/mol. The summed E-state index contributed by atoms with van der Waals surface area (Å²) >= 11 is 0. The highest BCUT2D eigenvalue weighted by Crippen LogP contribution is 2.27. The summed E-state index contributed by atoms with van der Waals surface area (Å²) in [6.45, 7) is 6.07. The summed E-state index contributed by atoms with van der Waals surface area (Å²) in [7, 11) is 0. The third-order valence-corrected chi connectivity index (χ3v) is 5.55. The Morgan fingerprint density at radius 2 is 1.93 bits per heavy atom. The van der Waals surface area contributed by atoms with Gasteiger partial charge in [-0.3, -0.25) is 4.79 Å². The molecule has 3 nitrogen and oxygen atoms in total. The van der Waals surface area contributed by atoms with E-state index in [1.165, 1.54) is 12.0 Å². The van der Waals surface area contributed by atoms with E-state index in [1.54, 1.807) is 0 Å². The molecule has 1 unspecified atom stereocenters. The number of likely N-dealkylation sites (tertiary alicyclic amines) is 1. The molecule has 0 spiro atoms. The number of piperidine rings is 1. The average Bonchev–Trinajstić information content (AvgIpc) is 2.72. The van der Waals surface area contributed by atoms with Crippen molar-refractivity contribution in [1.29, 1.82) is 0 Å². The first-order chi connectivity index (χ1) is 13.2. The molecule has 0 bridgehead atoms. The molecule has 3 heteroatoms. The minimum atomic E-state index is 0.131. The second-order valence-electron chi connectivity index (χ2n) is 7.62. The molecule has 2 aromatic carbocycles. The highest BCUT2D eigenvalue weighted by Gasteiger charge is 2.24. The molecule has 0 saturated carbocycles. The fraction of sp³-hybridized carbons (Fsp3) is 0.333. The van der Waals surface area contributed by atoms with Gasteiger partial charge in [-0.25, -0.2) is 4.98 Å². The zero-order chi connectivity index (χ0) is 18.8. The van der Waals surface area contributed by atoms with Gasteiger partial charge in [-0.05, 0) is 42.9 Å². The molecule has 2 heterocycles. The first kappa shape index (κ1) is 17.7. The monoisotopic (exact) mass is 358 g/mol. The quantitative estimate of drug-likeness (QED) is 0.633. The van der Waals surface area contributed by atoms with E-state index in [9.17, 15) is 4.79 Å². The molecule has 138 valence electrons. The van der Waals surface area contributed by atoms with E-state index in [2.05, 4.69) is 38.1 Å². The number of carbonyl (C=O) groups excluding carboxylic acids is 1. The van der Waals surface area contributed by atoms with Crippen LogP contribution in [-0.2, 0) is 6.42 Å². The molecule has 4 rings (SSSR count). The van der Waals surface area contributed by atoms with E-state index in [0.29, 0.717) is 5.92 Å². The summed E-state index contributed by atoms with van der Waals surface area (Å²) in [4.78, 5) is 20.2. The van der Waals surface area contributed by atoms with Gasteiger partial charge in [0.2, 0.25) is 0 Å². The molecule has 1 amide bonds. The molecule has 3 aromatic rings. The molecule has 0 N–H and O–H groups in total. The molecule has 27 heavy (non-hydrogen) atoms. The lowest BCUT2D eigenvalue weighted by molar-refractivity contribution is 0.0685. The van der Waals surface area contributed by atoms with Gasteiger partial charge in [0.05, 0.1) is 16.8 Å². The van der Waals surface area contributed by atoms with Crippen LogP contribution in [0.3, 0.4) is 0 Å². The van der Waals surface area contributed by atoms with Crippen LogP contribution in [-0.4, -0.2) is 28.9 Å². The van der Waals surface area contributed by atoms with E-state index in [0.717, 1.165) is 53.7 Å². The Hall–Kier alpha value is -2.68. The Morgan fingerprint density at radius 3 is 2.67 bits per heavy atom. The molecule has 0 aliphatic carbocycles. The van der Waals surface area contributed by atoms with Gasteiger partial charge in [-0.1, -0.05) is 56.3 Å². The van der Waals surface area contributed by atoms with E-state index in [-0.39, 0.29) is 5.91 Å². The van der Waals surface area contributed by atoms with Gasteiger partial charge < -0.3 is 4.90 Å². The Kier molecular flexibility index (Phi) is 4.93. The van der Waals surface area contributed by atoms with Crippen molar-refractivity contribution in [2.24, 2.45) is 5.92 Å². The molecule has 1 fully saturated rings. The van der Waals surface area contributed by atoms with Gasteiger partial charge in [0.25, 0.3) is 5.91 Å². The van der Waals surface area contributed by atoms with Crippen molar-refractivity contribution in [3.8, 4) is 11.3 Å². The van der Waals surface area contributed by atoms with Crippen LogP contribution >= 0.6 is 0 Å². The summed E-state index contributed by atoms with van der Waals surface area (Å²) in [6.07, 6.45) is 3.31. The predicted octanol–water partition coefficient (Wildman–Crippen LogP) is 5.34. The lowest BCUT2D eigenvalue weighted by Gasteiger charge is -2.31. The van der Waals surface area contributed by atoms with Gasteiger partial charge in [-0.2, -0.15) is 0 Å². The van der Waals surface area contributed by atoms with Crippen LogP contribution in [0.5, 0.6) is 0 Å². The fourth-order valence-corrected chi connectivity index (χ4v) is 3.96. The average molecular weight is 358 g/mol. The number of rotatable bonds is 3. The van der Waals surface area contributed by atoms with Crippen LogP contribution in [0.4, 0.5) is 0 Å². The molecule has 1 atom stereocenters. The lowest BCUT2D eigenvalue weighted by Crippen LogP contribution is -2.39. The summed E-state index contributed by atoms with van der Waals surface area (Å²) in [6, 6.07) is 18.4. The van der Waals surface area contributed by atoms with Gasteiger partial charge in [0, 0.05) is 24.0 Å². The number of carbonyl (C=O) groups is 1. The highest BCUT2D eigenvalue weighted by molar-refractivity contribution is 6.07. The first-order valence-corrected chi connectivity index (χ1v) is 9.94. The maximum absolute atomic E-state index is 13.3. The Morgan fingerprint density at radius 1 is 1.15 bits per heavy atom. The van der Waals surface area contributed by atoms with Crippen LogP contribution in [0.15, 0.2) is 54.6 Å². The number of nitrogens with zero attached hydrogens (tertiary/aromatic N) is 2. The topological polar surface area (TPSA) is 33.2 Å². The van der Waals surface area contributed by atoms with E-state index in [4.69, 9.17) is 4.98 Å². The zero-order valence-corrected chi connectivity index (χ0v) is 16.1. The minimum absolute atomic E-state index is 0.131. The molecule has 1 aromatic heterocycles. The molecule has 1 aliphatic heterocycles. The number of amides is 1. The van der Waals surface area contributed by atoms with Crippen molar-refractivity contribution in [1.82, 2.24) is 9.88 Å². The fourth-order valence-electron chi connectivity index (χ4n) is 3.96. The number of para-hydroxylation sites is 1. The maximum Gasteiger partial charge on any atom is 0.254 e. The maximum atomic E-state index is 13.3. The number of aryl methyl sites for hydroxylation is 1. The Balaban J connectivity index is 1.79. The van der Waals surface area contributed by atoms with Crippen LogP contribution in [0.1, 0.15) is 42.6 Å². The van der Waals surface area contributed by atoms with Crippen molar-refractivity contribution in [2.45, 2.75) is 33.1 Å². The Bertz CT molecular complexity index is 962. The normalized spacial score (nSPS) is 17.3. The summed E-state index contributed by atoms with van der Waals surface area (Å²) in [5.41, 5.74) is 4.87. The smallest absolute Gasteiger partial charge is 0.254 e. The van der Waals surface area contributed by atoms with Crippen LogP contribution < -0.4 is 0 Å². The Labute approximate surface area is 161 Å². The third-order valence-electron chi connectivity index (χ3n) is 5.55. The zero-order valence-electron chi connectivity index (χ0n) is 16.1. The van der Waals surface area contributed by atoms with E-state index >= 15 is 0 Å². The second kappa shape index (κ2) is 7.51. The number of hydrogen-bond donors (Lipinski definition) is 0. The van der Waals surface area contributed by atoms with Gasteiger partial charge in [0.1, 0.15) is 0 Å². The summed E-state index contributed by atoms with van der Waals surface area (Å²) < 4.78 is 0. The van der Waals surface area contributed by atoms with Crippen LogP contribution in [0.25, 0.3) is 22.2 Å². The number of hydrogen-bond acceptors (Lipinski definition) is 2. The number of benzene rings is 2. The van der Waals surface area contributed by atoms with Gasteiger partial charge in [-0.15, -0.1) is 0 Å². The predicted molar refractivity (Wildman–Crippen MR) is 111 cm³/mol. The molecule has 0 radical (unpaired) electrons. The lowest BCUT2D eigenvalue weighted by atomic mass is 9.98. The molecule has 1 aliphatic rings. The number of aromatic nitrogens is 1. The van der Waals surface area contributed by atoms with Gasteiger partial charge in [0.15, 0.2) is 0 Å². The van der Waals surface area contributed by atoms with Crippen molar-refractivity contribution in [2.75, 3.05) is 13.1 Å². The standard InChI is InChI=1S/C24H26N2O/c1-3-18-10-12-19(13-11-18)23-15-21(20-8-4-5-9-22(20)25-23)24(27)26-14-6-7-17(2)16-26/h4-5,8-13,15,17H,3,6-7,14,16H2,1-2H3. The van der Waals surface area contributed by atoms with Crippen LogP contribution in [0, 0.1) is 5.92 Å². The van der Waals surface area contributed by atoms with Crippen LogP contribution in [0.2, 0.25) is 0 Å². The highest BCUT2D eigenvalue weighted by atomic mass is 16.2. The van der Waals surface area contributed by atoms with Crippen molar-refractivity contribution < 1.29 is 4.79 Å². The molecule has 1 saturated heterocycles. The van der Waals surface area contributed by atoms with Gasteiger partial charge >= 0.3 is 0 Å². The minimum Gasteiger partial charge on any atom is -0.338 e. The van der Waals surface area contributed by atoms with Crippen molar-refractivity contribution in [3.63, 3.8) is 0 Å². The van der Waals surface area contributed by atoms with Crippen molar-refractivity contribution in [3.05, 3.63) is 65.7 Å². The summed E-state index contributed by atoms with van der Waals surface area (Å²) in [5.74, 6) is 0.698. The van der Waals surface area contributed by atoms with E-state index < -0.39 is 0 Å². The number of pyridine rings is 1. The number of fused-ring (bicyclic) bond motifs is 1. The first-order valence-electron chi connectivity index (χ1n) is 9.94. The summed E-state index contributed by atoms with van der Waals surface area (Å²) in [5, 5.41) is 0.939.